The molecule has 0 radical (unpaired) electrons. The van der Waals surface area contributed by atoms with E-state index >= 15 is 0 Å². The Morgan fingerprint density at radius 3 is 2.67 bits per heavy atom. The molecule has 0 saturated carbocycles. The van der Waals surface area contributed by atoms with E-state index in [1.54, 1.807) is 0 Å². The lowest BCUT2D eigenvalue weighted by Crippen LogP contribution is -2.29. The summed E-state index contributed by atoms with van der Waals surface area (Å²) >= 11 is 0. The van der Waals surface area contributed by atoms with Gasteiger partial charge >= 0.3 is 0 Å². The van der Waals surface area contributed by atoms with Crippen LogP contribution in [-0.4, -0.2) is 18.2 Å². The third-order valence-electron chi connectivity index (χ3n) is 2.85. The lowest BCUT2D eigenvalue weighted by molar-refractivity contribution is 0.0357. The van der Waals surface area contributed by atoms with Crippen LogP contribution in [0.1, 0.15) is 25.8 Å². The zero-order valence-electron chi connectivity index (χ0n) is 9.49. The van der Waals surface area contributed by atoms with Crippen molar-refractivity contribution in [3.05, 3.63) is 35.9 Å². The molecule has 1 saturated heterocycles. The minimum absolute atomic E-state index is 0.0500. The molecular weight excluding hydrogens is 186 g/mol. The van der Waals surface area contributed by atoms with Crippen LogP contribution in [0.2, 0.25) is 0 Å². The van der Waals surface area contributed by atoms with Gasteiger partial charge in [-0.1, -0.05) is 30.3 Å². The van der Waals surface area contributed by atoms with Gasteiger partial charge in [-0.15, -0.1) is 0 Å². The highest BCUT2D eigenvalue weighted by Crippen LogP contribution is 2.24. The summed E-state index contributed by atoms with van der Waals surface area (Å²) in [6.07, 6.45) is 1.10. The number of hydrogen-bond donors (Lipinski definition) is 1. The molecule has 2 heteroatoms. The molecule has 0 aromatic heterocycles. The average molecular weight is 205 g/mol. The summed E-state index contributed by atoms with van der Waals surface area (Å²) in [4.78, 5) is 0. The Hall–Kier alpha value is -0.860. The monoisotopic (exact) mass is 205 g/mol. The van der Waals surface area contributed by atoms with E-state index in [0.717, 1.165) is 19.6 Å². The van der Waals surface area contributed by atoms with Gasteiger partial charge in [0, 0.05) is 12.6 Å². The first kappa shape index (κ1) is 10.7. The highest BCUT2D eigenvalue weighted by molar-refractivity contribution is 5.14. The largest absolute Gasteiger partial charge is 0.374 e. The number of benzene rings is 1. The van der Waals surface area contributed by atoms with Crippen molar-refractivity contribution in [2.75, 3.05) is 6.61 Å². The van der Waals surface area contributed by atoms with Gasteiger partial charge in [-0.2, -0.15) is 0 Å². The zero-order valence-corrected chi connectivity index (χ0v) is 9.49. The molecule has 0 aliphatic carbocycles. The summed E-state index contributed by atoms with van der Waals surface area (Å²) in [5, 5.41) is 3.53. The van der Waals surface area contributed by atoms with E-state index in [2.05, 4.69) is 43.4 Å². The van der Waals surface area contributed by atoms with Crippen molar-refractivity contribution in [2.24, 2.45) is 0 Å². The highest BCUT2D eigenvalue weighted by Gasteiger charge is 2.31. The van der Waals surface area contributed by atoms with Gasteiger partial charge in [0.2, 0.25) is 0 Å². The normalized spacial score (nSPS) is 24.3. The number of hydrogen-bond acceptors (Lipinski definition) is 2. The predicted molar refractivity (Wildman–Crippen MR) is 61.7 cm³/mol. The molecule has 1 atom stereocenters. The van der Waals surface area contributed by atoms with Crippen molar-refractivity contribution in [3.8, 4) is 0 Å². The Morgan fingerprint density at radius 2 is 2.07 bits per heavy atom. The van der Waals surface area contributed by atoms with Gasteiger partial charge in [-0.25, -0.2) is 0 Å². The quantitative estimate of drug-likeness (QED) is 0.818. The molecule has 0 bridgehead atoms. The first-order chi connectivity index (χ1) is 7.16. The van der Waals surface area contributed by atoms with Gasteiger partial charge in [0.25, 0.3) is 0 Å². The molecule has 2 nitrogen and oxygen atoms in total. The molecule has 1 aliphatic rings. The van der Waals surface area contributed by atoms with E-state index in [9.17, 15) is 0 Å². The summed E-state index contributed by atoms with van der Waals surface area (Å²) in [6, 6.07) is 11.0. The zero-order chi connectivity index (χ0) is 10.7. The Kier molecular flexibility index (Phi) is 3.08. The summed E-state index contributed by atoms with van der Waals surface area (Å²) in [6.45, 7) is 6.07. The fraction of sp³-hybridized carbons (Fsp3) is 0.538. The fourth-order valence-electron chi connectivity index (χ4n) is 2.03. The van der Waals surface area contributed by atoms with E-state index in [-0.39, 0.29) is 5.60 Å². The van der Waals surface area contributed by atoms with Crippen LogP contribution in [0.3, 0.4) is 0 Å². The number of nitrogens with one attached hydrogen (secondary N) is 1. The maximum absolute atomic E-state index is 5.68. The second kappa shape index (κ2) is 4.33. The number of rotatable bonds is 3. The SMILES string of the molecule is CC1(C)C[C@H](NCc2ccccc2)CO1. The molecule has 0 unspecified atom stereocenters. The van der Waals surface area contributed by atoms with Crippen LogP contribution in [0.25, 0.3) is 0 Å². The molecule has 1 N–H and O–H groups in total. The maximum atomic E-state index is 5.68. The summed E-state index contributed by atoms with van der Waals surface area (Å²) in [7, 11) is 0. The fourth-order valence-corrected chi connectivity index (χ4v) is 2.03. The Labute approximate surface area is 91.6 Å². The van der Waals surface area contributed by atoms with E-state index in [0.29, 0.717) is 6.04 Å². The lowest BCUT2D eigenvalue weighted by atomic mass is 10.0. The van der Waals surface area contributed by atoms with Gasteiger partial charge in [-0.3, -0.25) is 0 Å². The van der Waals surface area contributed by atoms with Crippen LogP contribution in [0.4, 0.5) is 0 Å². The molecule has 1 aromatic rings. The van der Waals surface area contributed by atoms with Crippen molar-refractivity contribution >= 4 is 0 Å². The van der Waals surface area contributed by atoms with Crippen molar-refractivity contribution < 1.29 is 4.74 Å². The average Bonchev–Trinajstić information content (AvgIpc) is 2.57. The second-order valence-corrected chi connectivity index (χ2v) is 4.84. The molecule has 0 amide bonds. The van der Waals surface area contributed by atoms with Gasteiger partial charge in [0.05, 0.1) is 12.2 Å². The van der Waals surface area contributed by atoms with E-state index < -0.39 is 0 Å². The van der Waals surface area contributed by atoms with Crippen LogP contribution in [0.15, 0.2) is 30.3 Å². The Balaban J connectivity index is 1.80. The molecule has 0 spiro atoms. The van der Waals surface area contributed by atoms with E-state index in [1.807, 2.05) is 6.07 Å². The molecule has 1 aliphatic heterocycles. The smallest absolute Gasteiger partial charge is 0.0643 e. The van der Waals surface area contributed by atoms with Crippen LogP contribution in [0.5, 0.6) is 0 Å². The van der Waals surface area contributed by atoms with Crippen molar-refractivity contribution in [1.29, 1.82) is 0 Å². The van der Waals surface area contributed by atoms with Gasteiger partial charge in [0.15, 0.2) is 0 Å². The molecule has 1 heterocycles. The Morgan fingerprint density at radius 1 is 1.33 bits per heavy atom. The third-order valence-corrected chi connectivity index (χ3v) is 2.85. The second-order valence-electron chi connectivity index (χ2n) is 4.84. The molecule has 2 rings (SSSR count). The maximum Gasteiger partial charge on any atom is 0.0643 e. The molecule has 1 aromatic carbocycles. The first-order valence-corrected chi connectivity index (χ1v) is 5.57. The summed E-state index contributed by atoms with van der Waals surface area (Å²) in [5.74, 6) is 0. The van der Waals surface area contributed by atoms with Gasteiger partial charge in [0.1, 0.15) is 0 Å². The van der Waals surface area contributed by atoms with Crippen molar-refractivity contribution in [1.82, 2.24) is 5.32 Å². The van der Waals surface area contributed by atoms with Crippen LogP contribution >= 0.6 is 0 Å². The molecule has 15 heavy (non-hydrogen) atoms. The third kappa shape index (κ3) is 3.05. The first-order valence-electron chi connectivity index (χ1n) is 5.57. The predicted octanol–water partition coefficient (Wildman–Crippen LogP) is 2.34. The van der Waals surface area contributed by atoms with Crippen molar-refractivity contribution in [3.63, 3.8) is 0 Å². The van der Waals surface area contributed by atoms with Crippen LogP contribution in [0, 0.1) is 0 Å². The highest BCUT2D eigenvalue weighted by atomic mass is 16.5. The topological polar surface area (TPSA) is 21.3 Å². The Bertz CT molecular complexity index is 308. The molecular formula is C13H19NO. The lowest BCUT2D eigenvalue weighted by Gasteiger charge is -2.16. The van der Waals surface area contributed by atoms with E-state index in [4.69, 9.17) is 4.74 Å². The van der Waals surface area contributed by atoms with Crippen LogP contribution in [-0.2, 0) is 11.3 Å². The minimum Gasteiger partial charge on any atom is -0.374 e. The van der Waals surface area contributed by atoms with Gasteiger partial charge < -0.3 is 10.1 Å². The standard InChI is InChI=1S/C13H19NO/c1-13(2)8-12(10-15-13)14-9-11-6-4-3-5-7-11/h3-7,12,14H,8-10H2,1-2H3/t12-/m0/s1. The minimum atomic E-state index is 0.0500. The van der Waals surface area contributed by atoms with Gasteiger partial charge in [-0.05, 0) is 25.8 Å². The van der Waals surface area contributed by atoms with Crippen LogP contribution < -0.4 is 5.32 Å². The summed E-state index contributed by atoms with van der Waals surface area (Å²) < 4.78 is 5.68. The van der Waals surface area contributed by atoms with Crippen molar-refractivity contribution in [2.45, 2.75) is 38.5 Å². The number of ether oxygens (including phenoxy) is 1. The molecule has 1 fully saturated rings. The molecule has 82 valence electrons. The summed E-state index contributed by atoms with van der Waals surface area (Å²) in [5.41, 5.74) is 1.39. The van der Waals surface area contributed by atoms with E-state index in [1.165, 1.54) is 5.56 Å².